The average Bonchev–Trinajstić information content (AvgIpc) is 2.84. The molecule has 1 aliphatic heterocycles. The van der Waals surface area contributed by atoms with Gasteiger partial charge in [-0.1, -0.05) is 0 Å². The Labute approximate surface area is 199 Å². The number of nitrogens with zero attached hydrogens (tertiary/aromatic N) is 3. The molecule has 0 saturated carbocycles. The topological polar surface area (TPSA) is 126 Å². The standard InChI is InChI=1S/C23H28N4O6S/c1-3-33-23(30)18-5-4-14-27(15-18)21(28)16-26(2)22(29)17-6-8-20(9-7-17)34(31,32)25-19-10-12-24-13-11-19/h6-13,18H,3-5,14-16H2,1-2H3,(H,24,25). The molecule has 1 fully saturated rings. The van der Waals surface area contributed by atoms with E-state index in [4.69, 9.17) is 4.74 Å². The Hall–Kier alpha value is -3.47. The number of piperidine rings is 1. The van der Waals surface area contributed by atoms with Crippen LogP contribution in [0.25, 0.3) is 0 Å². The molecular weight excluding hydrogens is 460 g/mol. The molecule has 1 aromatic heterocycles. The Morgan fingerprint density at radius 3 is 2.47 bits per heavy atom. The van der Waals surface area contributed by atoms with Gasteiger partial charge in [-0.05, 0) is 56.2 Å². The Balaban J connectivity index is 1.60. The molecule has 3 rings (SSSR count). The fourth-order valence-corrected chi connectivity index (χ4v) is 4.72. The normalized spacial score (nSPS) is 15.9. The van der Waals surface area contributed by atoms with Crippen molar-refractivity contribution in [3.63, 3.8) is 0 Å². The zero-order chi connectivity index (χ0) is 24.7. The molecule has 0 bridgehead atoms. The molecule has 182 valence electrons. The number of hydrogen-bond donors (Lipinski definition) is 1. The number of aromatic nitrogens is 1. The fourth-order valence-electron chi connectivity index (χ4n) is 3.66. The quantitative estimate of drug-likeness (QED) is 0.561. The van der Waals surface area contributed by atoms with Crippen molar-refractivity contribution in [3.05, 3.63) is 54.4 Å². The number of esters is 1. The van der Waals surface area contributed by atoms with Crippen molar-refractivity contribution in [3.8, 4) is 0 Å². The molecule has 1 aromatic carbocycles. The summed E-state index contributed by atoms with van der Waals surface area (Å²) < 4.78 is 32.6. The summed E-state index contributed by atoms with van der Waals surface area (Å²) in [5.74, 6) is -1.34. The highest BCUT2D eigenvalue weighted by Crippen LogP contribution is 2.19. The average molecular weight is 489 g/mol. The van der Waals surface area contributed by atoms with E-state index >= 15 is 0 Å². The third kappa shape index (κ3) is 6.31. The zero-order valence-corrected chi connectivity index (χ0v) is 20.0. The first-order valence-electron chi connectivity index (χ1n) is 10.9. The molecule has 1 atom stereocenters. The minimum absolute atomic E-state index is 0.00193. The number of rotatable bonds is 8. The number of likely N-dealkylation sites (N-methyl/N-ethyl adjacent to an activating group) is 1. The van der Waals surface area contributed by atoms with Gasteiger partial charge in [0.2, 0.25) is 5.91 Å². The minimum atomic E-state index is -3.83. The predicted octanol–water partition coefficient (Wildman–Crippen LogP) is 1.76. The Kier molecular flexibility index (Phi) is 8.21. The van der Waals surface area contributed by atoms with E-state index in [0.29, 0.717) is 31.7 Å². The number of sulfonamides is 1. The number of benzene rings is 1. The van der Waals surface area contributed by atoms with Gasteiger partial charge in [-0.25, -0.2) is 8.42 Å². The molecule has 2 amide bonds. The van der Waals surface area contributed by atoms with Crippen molar-refractivity contribution in [2.45, 2.75) is 24.7 Å². The fraction of sp³-hybridized carbons (Fsp3) is 0.391. The number of carbonyl (C=O) groups excluding carboxylic acids is 3. The second kappa shape index (κ2) is 11.1. The highest BCUT2D eigenvalue weighted by Gasteiger charge is 2.30. The van der Waals surface area contributed by atoms with Crippen LogP contribution in [0.1, 0.15) is 30.1 Å². The van der Waals surface area contributed by atoms with Crippen molar-refractivity contribution in [1.29, 1.82) is 0 Å². The summed E-state index contributed by atoms with van der Waals surface area (Å²) in [6.07, 6.45) is 4.30. The monoisotopic (exact) mass is 488 g/mol. The lowest BCUT2D eigenvalue weighted by Crippen LogP contribution is -2.47. The van der Waals surface area contributed by atoms with Crippen LogP contribution in [-0.4, -0.2) is 74.3 Å². The third-order valence-corrected chi connectivity index (χ3v) is 6.85. The third-order valence-electron chi connectivity index (χ3n) is 5.46. The maximum absolute atomic E-state index is 12.8. The smallest absolute Gasteiger partial charge is 0.310 e. The summed E-state index contributed by atoms with van der Waals surface area (Å²) in [6, 6.07) is 8.53. The van der Waals surface area contributed by atoms with Gasteiger partial charge in [-0.2, -0.15) is 0 Å². The van der Waals surface area contributed by atoms with Gasteiger partial charge in [-0.3, -0.25) is 24.1 Å². The number of amides is 2. The van der Waals surface area contributed by atoms with E-state index in [-0.39, 0.29) is 41.3 Å². The second-order valence-corrected chi connectivity index (χ2v) is 9.64. The first-order chi connectivity index (χ1) is 16.2. The zero-order valence-electron chi connectivity index (χ0n) is 19.1. The largest absolute Gasteiger partial charge is 0.466 e. The highest BCUT2D eigenvalue weighted by atomic mass is 32.2. The van der Waals surface area contributed by atoms with Crippen LogP contribution in [0, 0.1) is 5.92 Å². The first-order valence-corrected chi connectivity index (χ1v) is 12.4. The number of nitrogens with one attached hydrogen (secondary N) is 1. The van der Waals surface area contributed by atoms with Crippen LogP contribution < -0.4 is 4.72 Å². The van der Waals surface area contributed by atoms with E-state index in [2.05, 4.69) is 9.71 Å². The second-order valence-electron chi connectivity index (χ2n) is 7.96. The lowest BCUT2D eigenvalue weighted by molar-refractivity contribution is -0.151. The SMILES string of the molecule is CCOC(=O)C1CCCN(C(=O)CN(C)C(=O)c2ccc(S(=O)(=O)Nc3ccncc3)cc2)C1. The van der Waals surface area contributed by atoms with E-state index in [1.807, 2.05) is 0 Å². The minimum Gasteiger partial charge on any atom is -0.466 e. The maximum Gasteiger partial charge on any atom is 0.310 e. The molecular formula is C23H28N4O6S. The maximum atomic E-state index is 12.8. The van der Waals surface area contributed by atoms with Crippen LogP contribution in [0.3, 0.4) is 0 Å². The van der Waals surface area contributed by atoms with Gasteiger partial charge in [0.1, 0.15) is 0 Å². The molecule has 0 aliphatic carbocycles. The van der Waals surface area contributed by atoms with E-state index in [0.717, 1.165) is 0 Å². The number of carbonyl (C=O) groups is 3. The van der Waals surface area contributed by atoms with Crippen molar-refractivity contribution in [2.24, 2.45) is 5.92 Å². The van der Waals surface area contributed by atoms with Gasteiger partial charge in [-0.15, -0.1) is 0 Å². The number of likely N-dealkylation sites (tertiary alicyclic amines) is 1. The molecule has 11 heteroatoms. The number of ether oxygens (including phenoxy) is 1. The van der Waals surface area contributed by atoms with E-state index in [1.165, 1.54) is 60.7 Å². The molecule has 10 nitrogen and oxygen atoms in total. The van der Waals surface area contributed by atoms with Gasteiger partial charge in [0.15, 0.2) is 0 Å². The molecule has 1 N–H and O–H groups in total. The van der Waals surface area contributed by atoms with Crippen molar-refractivity contribution in [1.82, 2.24) is 14.8 Å². The van der Waals surface area contributed by atoms with E-state index in [9.17, 15) is 22.8 Å². The van der Waals surface area contributed by atoms with Crippen molar-refractivity contribution in [2.75, 3.05) is 38.0 Å². The highest BCUT2D eigenvalue weighted by molar-refractivity contribution is 7.92. The van der Waals surface area contributed by atoms with E-state index < -0.39 is 15.9 Å². The molecule has 2 heterocycles. The molecule has 1 unspecified atom stereocenters. The predicted molar refractivity (Wildman–Crippen MR) is 124 cm³/mol. The van der Waals surface area contributed by atoms with E-state index in [1.54, 1.807) is 11.8 Å². The van der Waals surface area contributed by atoms with Crippen LogP contribution >= 0.6 is 0 Å². The Morgan fingerprint density at radius 1 is 1.15 bits per heavy atom. The molecule has 34 heavy (non-hydrogen) atoms. The van der Waals surface area contributed by atoms with Gasteiger partial charge >= 0.3 is 5.97 Å². The van der Waals surface area contributed by atoms with Gasteiger partial charge < -0.3 is 14.5 Å². The van der Waals surface area contributed by atoms with Crippen LogP contribution in [0.5, 0.6) is 0 Å². The van der Waals surface area contributed by atoms with Gasteiger partial charge in [0.05, 0.1) is 29.7 Å². The Bertz CT molecular complexity index is 1120. The lowest BCUT2D eigenvalue weighted by Gasteiger charge is -2.32. The molecule has 1 saturated heterocycles. The summed E-state index contributed by atoms with van der Waals surface area (Å²) in [5, 5.41) is 0. The summed E-state index contributed by atoms with van der Waals surface area (Å²) in [5.41, 5.74) is 0.623. The first kappa shape index (κ1) is 25.2. The summed E-state index contributed by atoms with van der Waals surface area (Å²) in [4.78, 5) is 44.2. The summed E-state index contributed by atoms with van der Waals surface area (Å²) in [7, 11) is -2.32. The number of anilines is 1. The lowest BCUT2D eigenvalue weighted by atomic mass is 9.98. The number of hydrogen-bond acceptors (Lipinski definition) is 7. The Morgan fingerprint density at radius 2 is 1.82 bits per heavy atom. The summed E-state index contributed by atoms with van der Waals surface area (Å²) in [6.45, 7) is 2.67. The van der Waals surface area contributed by atoms with Gasteiger partial charge in [0.25, 0.3) is 15.9 Å². The van der Waals surface area contributed by atoms with Gasteiger partial charge in [0, 0.05) is 38.1 Å². The van der Waals surface area contributed by atoms with Crippen LogP contribution in [0.15, 0.2) is 53.7 Å². The number of pyridine rings is 1. The van der Waals surface area contributed by atoms with Crippen LogP contribution in [0.4, 0.5) is 5.69 Å². The molecule has 0 radical (unpaired) electrons. The molecule has 1 aliphatic rings. The van der Waals surface area contributed by atoms with Crippen molar-refractivity contribution >= 4 is 33.5 Å². The van der Waals surface area contributed by atoms with Crippen LogP contribution in [-0.2, 0) is 24.3 Å². The summed E-state index contributed by atoms with van der Waals surface area (Å²) >= 11 is 0. The van der Waals surface area contributed by atoms with Crippen molar-refractivity contribution < 1.29 is 27.5 Å². The molecule has 2 aromatic rings. The molecule has 0 spiro atoms. The van der Waals surface area contributed by atoms with Crippen LogP contribution in [0.2, 0.25) is 0 Å².